The molecule has 130 valence electrons. The minimum atomic E-state index is 0.168. The van der Waals surface area contributed by atoms with Crippen molar-refractivity contribution in [1.82, 2.24) is 15.1 Å². The van der Waals surface area contributed by atoms with Gasteiger partial charge in [0.25, 0.3) is 0 Å². The van der Waals surface area contributed by atoms with Gasteiger partial charge < -0.3 is 15.7 Å². The highest BCUT2D eigenvalue weighted by Gasteiger charge is 2.42. The van der Waals surface area contributed by atoms with Crippen molar-refractivity contribution in [1.29, 1.82) is 0 Å². The first-order valence-corrected chi connectivity index (χ1v) is 8.75. The highest BCUT2D eigenvalue weighted by atomic mass is 16.3. The van der Waals surface area contributed by atoms with Gasteiger partial charge in [0.1, 0.15) is 11.6 Å². The summed E-state index contributed by atoms with van der Waals surface area (Å²) in [5.74, 6) is 1.06. The molecule has 1 aromatic carbocycles. The van der Waals surface area contributed by atoms with E-state index in [1.165, 1.54) is 0 Å². The van der Waals surface area contributed by atoms with E-state index in [-0.39, 0.29) is 17.6 Å². The molecule has 0 aliphatic carbocycles. The molecule has 1 amide bonds. The van der Waals surface area contributed by atoms with Crippen molar-refractivity contribution in [3.05, 3.63) is 35.9 Å². The molecule has 0 unspecified atom stereocenters. The monoisotopic (exact) mass is 338 g/mol. The number of hydrogen-bond acceptors (Lipinski definition) is 5. The number of rotatable bonds is 2. The number of piperidine rings is 1. The number of phenols is 1. The molecule has 25 heavy (non-hydrogen) atoms. The first-order chi connectivity index (χ1) is 12.0. The van der Waals surface area contributed by atoms with E-state index < -0.39 is 0 Å². The van der Waals surface area contributed by atoms with E-state index in [1.807, 2.05) is 23.1 Å². The molecular weight excluding hydrogens is 316 g/mol. The number of hydrogen-bond donors (Lipinski definition) is 2. The van der Waals surface area contributed by atoms with Crippen LogP contribution in [0.4, 0.5) is 5.82 Å². The highest BCUT2D eigenvalue weighted by molar-refractivity contribution is 5.74. The molecule has 3 heterocycles. The predicted octanol–water partition coefficient (Wildman–Crippen LogP) is 2.69. The summed E-state index contributed by atoms with van der Waals surface area (Å²) in [6, 6.07) is 9.63. The smallest absolute Gasteiger partial charge is 0.219 e. The largest absolute Gasteiger partial charge is 0.507 e. The first kappa shape index (κ1) is 15.9. The summed E-state index contributed by atoms with van der Waals surface area (Å²) >= 11 is 0. The number of fused-ring (bicyclic) bond motifs is 2. The number of amides is 1. The molecule has 2 aliphatic rings. The zero-order chi connectivity index (χ0) is 17.6. The maximum atomic E-state index is 11.9. The molecule has 2 bridgehead atoms. The predicted molar refractivity (Wildman–Crippen MR) is 94.9 cm³/mol. The van der Waals surface area contributed by atoms with Gasteiger partial charge in [-0.25, -0.2) is 0 Å². The molecule has 2 saturated heterocycles. The van der Waals surface area contributed by atoms with Crippen LogP contribution in [0.2, 0.25) is 0 Å². The van der Waals surface area contributed by atoms with E-state index in [1.54, 1.807) is 19.1 Å². The topological polar surface area (TPSA) is 92.3 Å². The Morgan fingerprint density at radius 3 is 2.52 bits per heavy atom. The van der Waals surface area contributed by atoms with E-state index >= 15 is 0 Å². The van der Waals surface area contributed by atoms with Crippen molar-refractivity contribution in [3.8, 4) is 17.0 Å². The lowest BCUT2D eigenvalue weighted by Gasteiger charge is -2.38. The van der Waals surface area contributed by atoms with Crippen molar-refractivity contribution in [3.63, 3.8) is 0 Å². The number of aromatic nitrogens is 2. The van der Waals surface area contributed by atoms with E-state index in [2.05, 4.69) is 10.2 Å². The number of phenolic OH excluding ortho intramolecular Hbond substituents is 1. The van der Waals surface area contributed by atoms with Crippen LogP contribution in [0.25, 0.3) is 11.3 Å². The maximum absolute atomic E-state index is 11.9. The van der Waals surface area contributed by atoms with Gasteiger partial charge in [-0.3, -0.25) is 4.79 Å². The van der Waals surface area contributed by atoms with Gasteiger partial charge >= 0.3 is 0 Å². The van der Waals surface area contributed by atoms with Crippen LogP contribution in [0.15, 0.2) is 30.3 Å². The third kappa shape index (κ3) is 2.71. The third-order valence-electron chi connectivity index (χ3n) is 5.57. The van der Waals surface area contributed by atoms with Crippen LogP contribution in [0.1, 0.15) is 44.1 Å². The molecule has 2 aromatic rings. The highest BCUT2D eigenvalue weighted by Crippen LogP contribution is 2.44. The summed E-state index contributed by atoms with van der Waals surface area (Å²) in [4.78, 5) is 13.9. The summed E-state index contributed by atoms with van der Waals surface area (Å²) < 4.78 is 0. The summed E-state index contributed by atoms with van der Waals surface area (Å²) in [6.07, 6.45) is 3.94. The number of carbonyl (C=O) groups is 1. The summed E-state index contributed by atoms with van der Waals surface area (Å²) in [6.45, 7) is 1.66. The molecule has 0 spiro atoms. The van der Waals surface area contributed by atoms with Crippen molar-refractivity contribution < 1.29 is 9.90 Å². The van der Waals surface area contributed by atoms with Gasteiger partial charge in [0, 0.05) is 30.1 Å². The number of nitrogens with two attached hydrogens (primary N) is 1. The molecule has 4 rings (SSSR count). The van der Waals surface area contributed by atoms with Crippen LogP contribution in [0.5, 0.6) is 5.75 Å². The van der Waals surface area contributed by atoms with E-state index in [0.29, 0.717) is 29.2 Å². The van der Waals surface area contributed by atoms with E-state index in [9.17, 15) is 9.90 Å². The fourth-order valence-electron chi connectivity index (χ4n) is 4.51. The van der Waals surface area contributed by atoms with Crippen LogP contribution < -0.4 is 5.73 Å². The van der Waals surface area contributed by atoms with Gasteiger partial charge in [0.15, 0.2) is 0 Å². The van der Waals surface area contributed by atoms with Crippen LogP contribution >= 0.6 is 0 Å². The Morgan fingerprint density at radius 1 is 1.20 bits per heavy atom. The first-order valence-electron chi connectivity index (χ1n) is 8.75. The lowest BCUT2D eigenvalue weighted by molar-refractivity contribution is -0.133. The summed E-state index contributed by atoms with van der Waals surface area (Å²) in [5, 5.41) is 18.4. The molecule has 3 atom stereocenters. The van der Waals surface area contributed by atoms with Crippen molar-refractivity contribution in [2.75, 3.05) is 5.73 Å². The number of aromatic hydroxyl groups is 1. The standard InChI is InChI=1S/C19H22N4O2/c1-11(24)23-13-6-7-14(23)9-12(8-13)16-10-17(21-22-19(16)20)15-4-2-3-5-18(15)25/h2-5,10,12-14,25H,6-9H2,1H3,(H2,20,22)/t12-,13+,14-. The molecule has 0 saturated carbocycles. The number of anilines is 1. The third-order valence-corrected chi connectivity index (χ3v) is 5.57. The second-order valence-corrected chi connectivity index (χ2v) is 7.07. The SMILES string of the molecule is CC(=O)N1[C@@H]2CC[C@H]1C[C@@H](c1cc(-c3ccccc3O)nnc1N)C2. The van der Waals surface area contributed by atoms with Crippen molar-refractivity contribution >= 4 is 11.7 Å². The average molecular weight is 338 g/mol. The summed E-state index contributed by atoms with van der Waals surface area (Å²) in [5.41, 5.74) is 8.39. The fraction of sp³-hybridized carbons (Fsp3) is 0.421. The molecule has 0 radical (unpaired) electrons. The zero-order valence-electron chi connectivity index (χ0n) is 14.2. The lowest BCUT2D eigenvalue weighted by atomic mass is 9.85. The Hall–Kier alpha value is -2.63. The molecule has 6 heteroatoms. The van der Waals surface area contributed by atoms with Crippen molar-refractivity contribution in [2.45, 2.75) is 50.6 Å². The summed E-state index contributed by atoms with van der Waals surface area (Å²) in [7, 11) is 0. The Morgan fingerprint density at radius 2 is 1.88 bits per heavy atom. The van der Waals surface area contributed by atoms with Gasteiger partial charge in [0.05, 0.1) is 5.69 Å². The average Bonchev–Trinajstić information content (AvgIpc) is 2.87. The minimum absolute atomic E-state index is 0.168. The number of benzene rings is 1. The van der Waals surface area contributed by atoms with Crippen LogP contribution in [-0.2, 0) is 4.79 Å². The molecule has 2 aliphatic heterocycles. The minimum Gasteiger partial charge on any atom is -0.507 e. The number of nitrogen functional groups attached to an aromatic ring is 1. The van der Waals surface area contributed by atoms with Crippen LogP contribution in [-0.4, -0.2) is 38.2 Å². The quantitative estimate of drug-likeness (QED) is 0.878. The van der Waals surface area contributed by atoms with E-state index in [4.69, 9.17) is 5.73 Å². The Bertz CT molecular complexity index is 809. The Balaban J connectivity index is 1.67. The number of carbonyl (C=O) groups excluding carboxylic acids is 1. The molecule has 1 aromatic heterocycles. The fourth-order valence-corrected chi connectivity index (χ4v) is 4.51. The Kier molecular flexibility index (Phi) is 3.82. The second-order valence-electron chi connectivity index (χ2n) is 7.07. The van der Waals surface area contributed by atoms with Crippen LogP contribution in [0.3, 0.4) is 0 Å². The van der Waals surface area contributed by atoms with Gasteiger partial charge in [-0.2, -0.15) is 0 Å². The zero-order valence-corrected chi connectivity index (χ0v) is 14.2. The molecule has 2 fully saturated rings. The van der Waals surface area contributed by atoms with Gasteiger partial charge in [0.2, 0.25) is 5.91 Å². The van der Waals surface area contributed by atoms with Gasteiger partial charge in [-0.05, 0) is 49.8 Å². The maximum Gasteiger partial charge on any atom is 0.219 e. The molecule has 3 N–H and O–H groups in total. The van der Waals surface area contributed by atoms with Crippen LogP contribution in [0, 0.1) is 0 Å². The molecular formula is C19H22N4O2. The van der Waals surface area contributed by atoms with Gasteiger partial charge in [-0.15, -0.1) is 10.2 Å². The van der Waals surface area contributed by atoms with E-state index in [0.717, 1.165) is 31.2 Å². The number of para-hydroxylation sites is 1. The number of nitrogens with zero attached hydrogens (tertiary/aromatic N) is 3. The Labute approximate surface area is 146 Å². The normalized spacial score (nSPS) is 25.2. The van der Waals surface area contributed by atoms with Gasteiger partial charge in [-0.1, -0.05) is 12.1 Å². The second kappa shape index (κ2) is 6.02. The molecule has 6 nitrogen and oxygen atoms in total. The lowest BCUT2D eigenvalue weighted by Crippen LogP contribution is -2.45. The van der Waals surface area contributed by atoms with Crippen molar-refractivity contribution in [2.24, 2.45) is 0 Å².